The van der Waals surface area contributed by atoms with E-state index < -0.39 is 24.0 Å². The Bertz CT molecular complexity index is 863. The number of esters is 1. The molecule has 5 heteroatoms. The summed E-state index contributed by atoms with van der Waals surface area (Å²) in [4.78, 5) is 24.2. The third kappa shape index (κ3) is 5.06. The zero-order valence-corrected chi connectivity index (χ0v) is 15.3. The molecule has 0 aliphatic carbocycles. The summed E-state index contributed by atoms with van der Waals surface area (Å²) >= 11 is 0. The predicted molar refractivity (Wildman–Crippen MR) is 106 cm³/mol. The minimum atomic E-state index is -0.914. The van der Waals surface area contributed by atoms with Gasteiger partial charge in [-0.1, -0.05) is 48.4 Å². The van der Waals surface area contributed by atoms with E-state index in [0.29, 0.717) is 5.56 Å². The van der Waals surface area contributed by atoms with Crippen molar-refractivity contribution in [3.05, 3.63) is 77.4 Å². The molecular weight excluding hydrogens is 340 g/mol. The van der Waals surface area contributed by atoms with E-state index in [1.165, 1.54) is 7.11 Å². The maximum absolute atomic E-state index is 12.4. The van der Waals surface area contributed by atoms with Gasteiger partial charge in [0.15, 0.2) is 0 Å². The Morgan fingerprint density at radius 2 is 1.63 bits per heavy atom. The van der Waals surface area contributed by atoms with Gasteiger partial charge in [-0.05, 0) is 41.8 Å². The molecule has 0 spiro atoms. The van der Waals surface area contributed by atoms with Crippen LogP contribution in [0.3, 0.4) is 0 Å². The highest BCUT2D eigenvalue weighted by molar-refractivity contribution is 5.97. The van der Waals surface area contributed by atoms with E-state index in [9.17, 15) is 9.59 Å². The number of hydrogen-bond donors (Lipinski definition) is 2. The van der Waals surface area contributed by atoms with E-state index in [4.69, 9.17) is 12.2 Å². The van der Waals surface area contributed by atoms with Gasteiger partial charge in [-0.3, -0.25) is 4.79 Å². The lowest BCUT2D eigenvalue weighted by molar-refractivity contribution is -0.143. The first kappa shape index (κ1) is 20.0. The van der Waals surface area contributed by atoms with Gasteiger partial charge < -0.3 is 15.8 Å². The van der Waals surface area contributed by atoms with Crippen LogP contribution in [0.25, 0.3) is 5.57 Å². The van der Waals surface area contributed by atoms with Gasteiger partial charge in [-0.25, -0.2) is 4.79 Å². The monoisotopic (exact) mass is 362 g/mol. The first-order valence-electron chi connectivity index (χ1n) is 8.44. The first-order valence-corrected chi connectivity index (χ1v) is 8.44. The van der Waals surface area contributed by atoms with Crippen LogP contribution < -0.4 is 11.1 Å². The van der Waals surface area contributed by atoms with Crippen molar-refractivity contribution in [1.82, 2.24) is 5.32 Å². The molecule has 3 N–H and O–H groups in total. The quantitative estimate of drug-likeness (QED) is 0.611. The molecule has 2 aromatic carbocycles. The van der Waals surface area contributed by atoms with Crippen molar-refractivity contribution in [3.63, 3.8) is 0 Å². The third-order valence-electron chi connectivity index (χ3n) is 4.04. The molecule has 0 heterocycles. The van der Waals surface area contributed by atoms with Crippen molar-refractivity contribution in [2.75, 3.05) is 7.11 Å². The smallest absolute Gasteiger partial charge is 0.329 e. The molecule has 0 fully saturated rings. The number of ether oxygens (including phenoxy) is 1. The summed E-state index contributed by atoms with van der Waals surface area (Å²) in [6, 6.07) is 15.2. The predicted octanol–water partition coefficient (Wildman–Crippen LogP) is 2.37. The number of nitrogens with two attached hydrogens (primary N) is 1. The van der Waals surface area contributed by atoms with E-state index in [2.05, 4.69) is 16.0 Å². The van der Waals surface area contributed by atoms with Crippen LogP contribution in [0.2, 0.25) is 0 Å². The number of benzene rings is 2. The Hall–Kier alpha value is -3.36. The number of terminal acetylenes is 1. The topological polar surface area (TPSA) is 81.4 Å². The third-order valence-corrected chi connectivity index (χ3v) is 4.04. The fourth-order valence-corrected chi connectivity index (χ4v) is 2.59. The summed E-state index contributed by atoms with van der Waals surface area (Å²) in [6.45, 7) is 1.63. The van der Waals surface area contributed by atoms with Gasteiger partial charge in [0, 0.05) is 11.6 Å². The molecule has 0 unspecified atom stereocenters. The number of carbonyl (C=O) groups excluding carboxylic acids is 2. The normalized spacial score (nSPS) is 13.2. The van der Waals surface area contributed by atoms with Crippen LogP contribution in [0.5, 0.6) is 0 Å². The standard InChI is InChI=1S/C22H22N2O3/c1-4-8-19(16-9-6-5-7-10-16)17-11-13-18(14-12-17)21(25)24-20(15(2)23)22(26)27-3/h1,5-15,20H,23H2,2-3H3,(H,24,25)/t15-,20+/m1/s1. The zero-order valence-electron chi connectivity index (χ0n) is 15.3. The van der Waals surface area contributed by atoms with Crippen molar-refractivity contribution in [2.45, 2.75) is 19.0 Å². The van der Waals surface area contributed by atoms with Gasteiger partial charge in [0.2, 0.25) is 0 Å². The van der Waals surface area contributed by atoms with Crippen LogP contribution in [0, 0.1) is 12.3 Å². The van der Waals surface area contributed by atoms with Crippen LogP contribution in [0.1, 0.15) is 28.4 Å². The molecule has 2 rings (SSSR count). The Balaban J connectivity index is 2.23. The number of nitrogens with one attached hydrogen (secondary N) is 1. The lowest BCUT2D eigenvalue weighted by Gasteiger charge is -2.19. The summed E-state index contributed by atoms with van der Waals surface area (Å²) in [5.74, 6) is 1.56. The molecule has 138 valence electrons. The van der Waals surface area contributed by atoms with Gasteiger partial charge in [-0.2, -0.15) is 0 Å². The summed E-state index contributed by atoms with van der Waals surface area (Å²) < 4.78 is 4.68. The second kappa shape index (κ2) is 9.37. The molecule has 0 bridgehead atoms. The molecule has 1 amide bonds. The fourth-order valence-electron chi connectivity index (χ4n) is 2.59. The summed E-state index contributed by atoms with van der Waals surface area (Å²) in [6.07, 6.45) is 7.15. The molecule has 0 aliphatic heterocycles. The minimum absolute atomic E-state index is 0.404. The maximum atomic E-state index is 12.4. The Morgan fingerprint density at radius 1 is 1.07 bits per heavy atom. The van der Waals surface area contributed by atoms with Gasteiger partial charge in [0.05, 0.1) is 7.11 Å². The van der Waals surface area contributed by atoms with Gasteiger partial charge >= 0.3 is 5.97 Å². The van der Waals surface area contributed by atoms with Crippen molar-refractivity contribution < 1.29 is 14.3 Å². The first-order chi connectivity index (χ1) is 13.0. The van der Waals surface area contributed by atoms with Gasteiger partial charge in [0.25, 0.3) is 5.91 Å². The van der Waals surface area contributed by atoms with E-state index in [1.807, 2.05) is 42.5 Å². The highest BCUT2D eigenvalue weighted by Crippen LogP contribution is 2.23. The van der Waals surface area contributed by atoms with Crippen LogP contribution >= 0.6 is 0 Å². The van der Waals surface area contributed by atoms with Gasteiger partial charge in [0.1, 0.15) is 6.04 Å². The van der Waals surface area contributed by atoms with Crippen LogP contribution in [0.15, 0.2) is 60.7 Å². The van der Waals surface area contributed by atoms with Crippen LogP contribution in [-0.4, -0.2) is 31.1 Å². The molecule has 0 saturated carbocycles. The maximum Gasteiger partial charge on any atom is 0.329 e. The Kier molecular flexibility index (Phi) is 6.93. The largest absolute Gasteiger partial charge is 0.467 e. The van der Waals surface area contributed by atoms with Crippen molar-refractivity contribution >= 4 is 17.4 Å². The van der Waals surface area contributed by atoms with E-state index >= 15 is 0 Å². The van der Waals surface area contributed by atoms with Crippen LogP contribution in [-0.2, 0) is 9.53 Å². The molecular formula is C22H22N2O3. The molecule has 0 aromatic heterocycles. The number of hydrogen-bond acceptors (Lipinski definition) is 4. The molecule has 5 nitrogen and oxygen atoms in total. The number of allylic oxidation sites excluding steroid dienone is 1. The Labute approximate surface area is 159 Å². The molecule has 2 atom stereocenters. The lowest BCUT2D eigenvalue weighted by Crippen LogP contribution is -2.51. The average molecular weight is 362 g/mol. The second-order valence-electron chi connectivity index (χ2n) is 6.00. The molecule has 0 saturated heterocycles. The van der Waals surface area contributed by atoms with Crippen molar-refractivity contribution in [2.24, 2.45) is 5.73 Å². The minimum Gasteiger partial charge on any atom is -0.467 e. The van der Waals surface area contributed by atoms with E-state index in [0.717, 1.165) is 16.7 Å². The molecule has 2 aromatic rings. The fraction of sp³-hybridized carbons (Fsp3) is 0.182. The number of amides is 1. The second-order valence-corrected chi connectivity index (χ2v) is 6.00. The number of rotatable bonds is 6. The Morgan fingerprint density at radius 3 is 2.15 bits per heavy atom. The van der Waals surface area contributed by atoms with Crippen LogP contribution in [0.4, 0.5) is 0 Å². The molecule has 0 radical (unpaired) electrons. The average Bonchev–Trinajstić information content (AvgIpc) is 2.70. The zero-order chi connectivity index (χ0) is 19.8. The highest BCUT2D eigenvalue weighted by Gasteiger charge is 2.25. The molecule has 27 heavy (non-hydrogen) atoms. The lowest BCUT2D eigenvalue weighted by atomic mass is 9.96. The number of carbonyl (C=O) groups is 2. The summed E-state index contributed by atoms with van der Waals surface area (Å²) in [7, 11) is 1.25. The summed E-state index contributed by atoms with van der Waals surface area (Å²) in [5, 5.41) is 2.60. The van der Waals surface area contributed by atoms with E-state index in [1.54, 1.807) is 25.1 Å². The van der Waals surface area contributed by atoms with E-state index in [-0.39, 0.29) is 0 Å². The van der Waals surface area contributed by atoms with Gasteiger partial charge in [-0.15, -0.1) is 6.42 Å². The molecule has 0 aliphatic rings. The van der Waals surface area contributed by atoms with Crippen molar-refractivity contribution in [1.29, 1.82) is 0 Å². The number of methoxy groups -OCH3 is 1. The highest BCUT2D eigenvalue weighted by atomic mass is 16.5. The van der Waals surface area contributed by atoms with Crippen molar-refractivity contribution in [3.8, 4) is 12.3 Å². The summed E-state index contributed by atoms with van der Waals surface area (Å²) in [5.41, 5.74) is 8.91. The SMILES string of the molecule is C#CC=C(c1ccccc1)c1ccc(C(=O)N[C@H](C(=O)OC)[C@@H](C)N)cc1.